The largest absolute Gasteiger partial charge is 0.476 e. The van der Waals surface area contributed by atoms with E-state index in [2.05, 4.69) is 10.3 Å². The molecule has 0 saturated carbocycles. The van der Waals surface area contributed by atoms with E-state index in [0.717, 1.165) is 16.2 Å². The van der Waals surface area contributed by atoms with E-state index >= 15 is 0 Å². The van der Waals surface area contributed by atoms with Crippen LogP contribution in [0.4, 0.5) is 0 Å². The molecule has 1 aromatic heterocycles. The SMILES string of the molecule is O=C(O)c1csc(CNC(=O)C2CSc3ccccc32)n1. The highest BCUT2D eigenvalue weighted by molar-refractivity contribution is 7.99. The molecular weight excluding hydrogens is 308 g/mol. The monoisotopic (exact) mass is 320 g/mol. The second-order valence-electron chi connectivity index (χ2n) is 4.55. The van der Waals surface area contributed by atoms with Crippen LogP contribution in [-0.2, 0) is 11.3 Å². The summed E-state index contributed by atoms with van der Waals surface area (Å²) in [6.45, 7) is 0.264. The predicted octanol–water partition coefficient (Wildman–Crippen LogP) is 2.35. The zero-order chi connectivity index (χ0) is 14.8. The van der Waals surface area contributed by atoms with Gasteiger partial charge < -0.3 is 10.4 Å². The van der Waals surface area contributed by atoms with E-state index in [9.17, 15) is 9.59 Å². The maximum Gasteiger partial charge on any atom is 0.355 e. The van der Waals surface area contributed by atoms with E-state index < -0.39 is 5.97 Å². The first-order valence-electron chi connectivity index (χ1n) is 6.32. The summed E-state index contributed by atoms with van der Waals surface area (Å²) in [5.41, 5.74) is 1.08. The third-order valence-corrected chi connectivity index (χ3v) is 5.23. The average Bonchev–Trinajstić information content (AvgIpc) is 3.11. The molecule has 2 N–H and O–H groups in total. The Kier molecular flexibility index (Phi) is 3.94. The normalized spacial score (nSPS) is 16.5. The van der Waals surface area contributed by atoms with Gasteiger partial charge in [-0.05, 0) is 11.6 Å². The standard InChI is InChI=1S/C14H12N2O3S2/c17-13(9-6-20-11-4-2-1-3-8(9)11)15-5-12-16-10(7-21-12)14(18)19/h1-4,7,9H,5-6H2,(H,15,17)(H,18,19). The first-order chi connectivity index (χ1) is 10.1. The number of fused-ring (bicyclic) bond motifs is 1. The lowest BCUT2D eigenvalue weighted by Gasteiger charge is -2.10. The minimum absolute atomic E-state index is 0.0195. The van der Waals surface area contributed by atoms with Crippen LogP contribution in [0.2, 0.25) is 0 Å². The minimum atomic E-state index is -1.05. The van der Waals surface area contributed by atoms with Crippen LogP contribution in [0.25, 0.3) is 0 Å². The van der Waals surface area contributed by atoms with E-state index in [1.165, 1.54) is 16.7 Å². The molecule has 1 aliphatic rings. The molecule has 1 atom stereocenters. The van der Waals surface area contributed by atoms with Crippen molar-refractivity contribution in [3.05, 3.63) is 45.9 Å². The summed E-state index contributed by atoms with van der Waals surface area (Å²) in [6, 6.07) is 7.90. The highest BCUT2D eigenvalue weighted by atomic mass is 32.2. The molecule has 1 aromatic carbocycles. The number of amides is 1. The van der Waals surface area contributed by atoms with Crippen LogP contribution >= 0.6 is 23.1 Å². The molecule has 0 saturated heterocycles. The summed E-state index contributed by atoms with van der Waals surface area (Å²) in [4.78, 5) is 28.1. The van der Waals surface area contributed by atoms with Gasteiger partial charge in [0.1, 0.15) is 5.01 Å². The van der Waals surface area contributed by atoms with Crippen molar-refractivity contribution in [1.82, 2.24) is 10.3 Å². The maximum atomic E-state index is 12.3. The molecule has 108 valence electrons. The van der Waals surface area contributed by atoms with Gasteiger partial charge in [0.25, 0.3) is 0 Å². The summed E-state index contributed by atoms with van der Waals surface area (Å²) < 4.78 is 0. The van der Waals surface area contributed by atoms with Crippen LogP contribution in [-0.4, -0.2) is 27.7 Å². The zero-order valence-electron chi connectivity index (χ0n) is 10.9. The molecule has 1 aliphatic heterocycles. The number of rotatable bonds is 4. The average molecular weight is 320 g/mol. The number of carboxylic acids is 1. The van der Waals surface area contributed by atoms with Gasteiger partial charge in [-0.25, -0.2) is 9.78 Å². The van der Waals surface area contributed by atoms with Crippen LogP contribution in [0.3, 0.4) is 0 Å². The van der Waals surface area contributed by atoms with E-state index in [4.69, 9.17) is 5.11 Å². The Bertz CT molecular complexity index is 699. The van der Waals surface area contributed by atoms with Crippen LogP contribution < -0.4 is 5.32 Å². The Balaban J connectivity index is 1.63. The van der Waals surface area contributed by atoms with Crippen molar-refractivity contribution in [1.29, 1.82) is 0 Å². The van der Waals surface area contributed by atoms with E-state index in [0.29, 0.717) is 5.01 Å². The van der Waals surface area contributed by atoms with E-state index in [1.807, 2.05) is 24.3 Å². The smallest absolute Gasteiger partial charge is 0.355 e. The molecule has 3 rings (SSSR count). The van der Waals surface area contributed by atoms with Crippen molar-refractivity contribution in [2.45, 2.75) is 17.4 Å². The molecule has 0 fully saturated rings. The Morgan fingerprint density at radius 1 is 1.38 bits per heavy atom. The number of hydrogen-bond acceptors (Lipinski definition) is 5. The number of carbonyl (C=O) groups excluding carboxylic acids is 1. The van der Waals surface area contributed by atoms with Gasteiger partial charge in [0.15, 0.2) is 5.69 Å². The van der Waals surface area contributed by atoms with Gasteiger partial charge in [0.2, 0.25) is 5.91 Å². The lowest BCUT2D eigenvalue weighted by molar-refractivity contribution is -0.122. The fourth-order valence-electron chi connectivity index (χ4n) is 2.16. The second-order valence-corrected chi connectivity index (χ2v) is 6.56. The molecule has 0 bridgehead atoms. The number of carboxylic acid groups (broad SMARTS) is 1. The number of thioether (sulfide) groups is 1. The van der Waals surface area contributed by atoms with Crippen molar-refractivity contribution in [2.24, 2.45) is 0 Å². The Morgan fingerprint density at radius 2 is 2.19 bits per heavy atom. The van der Waals surface area contributed by atoms with Crippen LogP contribution in [0.1, 0.15) is 27.0 Å². The summed E-state index contributed by atoms with van der Waals surface area (Å²) in [6.07, 6.45) is 0. The minimum Gasteiger partial charge on any atom is -0.476 e. The molecule has 1 amide bonds. The molecule has 7 heteroatoms. The summed E-state index contributed by atoms with van der Waals surface area (Å²) >= 11 is 2.92. The van der Waals surface area contributed by atoms with Crippen molar-refractivity contribution in [3.63, 3.8) is 0 Å². The van der Waals surface area contributed by atoms with Gasteiger partial charge >= 0.3 is 5.97 Å². The fourth-order valence-corrected chi connectivity index (χ4v) is 4.09. The van der Waals surface area contributed by atoms with Gasteiger partial charge in [-0.3, -0.25) is 4.79 Å². The molecule has 0 radical (unpaired) electrons. The number of aromatic nitrogens is 1. The first kappa shape index (κ1) is 14.1. The lowest BCUT2D eigenvalue weighted by atomic mass is 10.0. The van der Waals surface area contributed by atoms with E-state index in [1.54, 1.807) is 11.8 Å². The van der Waals surface area contributed by atoms with Crippen LogP contribution in [0.15, 0.2) is 34.5 Å². The quantitative estimate of drug-likeness (QED) is 0.904. The highest BCUT2D eigenvalue weighted by Crippen LogP contribution is 2.39. The number of hydrogen-bond donors (Lipinski definition) is 2. The number of aromatic carboxylic acids is 1. The third-order valence-electron chi connectivity index (χ3n) is 3.20. The highest BCUT2D eigenvalue weighted by Gasteiger charge is 2.28. The molecule has 5 nitrogen and oxygen atoms in total. The molecule has 2 aromatic rings. The van der Waals surface area contributed by atoms with E-state index in [-0.39, 0.29) is 24.1 Å². The maximum absolute atomic E-state index is 12.3. The fraction of sp³-hybridized carbons (Fsp3) is 0.214. The van der Waals surface area contributed by atoms with Crippen molar-refractivity contribution in [3.8, 4) is 0 Å². The molecular formula is C14H12N2O3S2. The Morgan fingerprint density at radius 3 is 2.95 bits per heavy atom. The number of carbonyl (C=O) groups is 2. The third kappa shape index (κ3) is 2.93. The Labute approximate surface area is 129 Å². The van der Waals surface area contributed by atoms with Gasteiger partial charge in [-0.15, -0.1) is 23.1 Å². The summed E-state index contributed by atoms with van der Waals surface area (Å²) in [5.74, 6) is -0.502. The number of nitrogens with zero attached hydrogens (tertiary/aromatic N) is 1. The molecule has 21 heavy (non-hydrogen) atoms. The van der Waals surface area contributed by atoms with Crippen molar-refractivity contribution < 1.29 is 14.7 Å². The van der Waals surface area contributed by atoms with Crippen molar-refractivity contribution in [2.75, 3.05) is 5.75 Å². The van der Waals surface area contributed by atoms with Crippen LogP contribution in [0, 0.1) is 0 Å². The van der Waals surface area contributed by atoms with Crippen molar-refractivity contribution >= 4 is 35.0 Å². The summed E-state index contributed by atoms with van der Waals surface area (Å²) in [7, 11) is 0. The van der Waals surface area contributed by atoms with Gasteiger partial charge in [0, 0.05) is 16.0 Å². The summed E-state index contributed by atoms with van der Waals surface area (Å²) in [5, 5.41) is 13.7. The molecule has 0 aliphatic carbocycles. The number of nitrogens with one attached hydrogen (secondary N) is 1. The van der Waals surface area contributed by atoms with Gasteiger partial charge in [0.05, 0.1) is 12.5 Å². The second kappa shape index (κ2) is 5.87. The zero-order valence-corrected chi connectivity index (χ0v) is 12.5. The Hall–Kier alpha value is -1.86. The lowest BCUT2D eigenvalue weighted by Crippen LogP contribution is -2.29. The van der Waals surface area contributed by atoms with Crippen LogP contribution in [0.5, 0.6) is 0 Å². The van der Waals surface area contributed by atoms with Gasteiger partial charge in [-0.2, -0.15) is 0 Å². The topological polar surface area (TPSA) is 79.3 Å². The number of thiazole rings is 1. The molecule has 2 heterocycles. The molecule has 0 spiro atoms. The van der Waals surface area contributed by atoms with Gasteiger partial charge in [-0.1, -0.05) is 18.2 Å². The first-order valence-corrected chi connectivity index (χ1v) is 8.19. The predicted molar refractivity (Wildman–Crippen MR) is 80.8 cm³/mol. The molecule has 1 unspecified atom stereocenters. The number of benzene rings is 1.